The lowest BCUT2D eigenvalue weighted by atomic mass is 10.4. The second-order valence-electron chi connectivity index (χ2n) is 2.29. The van der Waals surface area contributed by atoms with Crippen LogP contribution < -0.4 is 0 Å². The van der Waals surface area contributed by atoms with Crippen molar-refractivity contribution in [1.82, 2.24) is 0 Å². The molecule has 34 valence electrons. The lowest BCUT2D eigenvalue weighted by Gasteiger charge is -1.87. The Morgan fingerprint density at radius 1 is 1.17 bits per heavy atom. The summed E-state index contributed by atoms with van der Waals surface area (Å²) in [6.45, 7) is 2.12. The maximum atomic E-state index is 5.11. The van der Waals surface area contributed by atoms with Crippen LogP contribution in [0.4, 0.5) is 0 Å². The molecule has 2 rings (SSSR count). The average Bonchev–Trinajstić information content (AvgIpc) is 2.17. The molecular weight excluding hydrogens is 76.1 g/mol. The van der Waals surface area contributed by atoms with Crippen molar-refractivity contribution in [3.8, 4) is 0 Å². The summed E-state index contributed by atoms with van der Waals surface area (Å²) in [5.74, 6) is 1.98. The summed E-state index contributed by atoms with van der Waals surface area (Å²) in [5, 5.41) is 0. The highest BCUT2D eigenvalue weighted by Crippen LogP contribution is 2.43. The Morgan fingerprint density at radius 2 is 1.83 bits per heavy atom. The highest BCUT2D eigenvalue weighted by atomic mass is 16.5. The van der Waals surface area contributed by atoms with Gasteiger partial charge in [0, 0.05) is 13.2 Å². The molecule has 1 saturated heterocycles. The van der Waals surface area contributed by atoms with Gasteiger partial charge in [0.25, 0.3) is 0 Å². The first-order valence-electron chi connectivity index (χ1n) is 2.54. The average molecular weight is 84.1 g/mol. The Hall–Kier alpha value is -0.0400. The summed E-state index contributed by atoms with van der Waals surface area (Å²) in [5.41, 5.74) is 0. The largest absolute Gasteiger partial charge is 0.381 e. The maximum absolute atomic E-state index is 5.11. The molecule has 1 saturated carbocycles. The highest BCUT2D eigenvalue weighted by Gasteiger charge is 2.41. The van der Waals surface area contributed by atoms with E-state index in [0.717, 1.165) is 25.0 Å². The second kappa shape index (κ2) is 0.784. The molecule has 0 aromatic heterocycles. The quantitative estimate of drug-likeness (QED) is 0.419. The molecule has 1 heteroatoms. The van der Waals surface area contributed by atoms with Crippen LogP contribution in [-0.4, -0.2) is 13.2 Å². The Morgan fingerprint density at radius 3 is 2.00 bits per heavy atom. The molecule has 0 radical (unpaired) electrons. The number of fused-ring (bicyclic) bond motifs is 1. The van der Waals surface area contributed by atoms with E-state index in [1.807, 2.05) is 0 Å². The summed E-state index contributed by atoms with van der Waals surface area (Å²) in [7, 11) is 0. The molecule has 1 aliphatic carbocycles. The topological polar surface area (TPSA) is 9.23 Å². The third-order valence-electron chi connectivity index (χ3n) is 1.73. The summed E-state index contributed by atoms with van der Waals surface area (Å²) in [4.78, 5) is 0. The van der Waals surface area contributed by atoms with Crippen molar-refractivity contribution in [2.75, 3.05) is 13.2 Å². The van der Waals surface area contributed by atoms with Crippen LogP contribution in [0.1, 0.15) is 6.42 Å². The third-order valence-corrected chi connectivity index (χ3v) is 1.73. The van der Waals surface area contributed by atoms with Crippen LogP contribution in [0.15, 0.2) is 0 Å². The van der Waals surface area contributed by atoms with E-state index in [4.69, 9.17) is 4.74 Å². The SMILES string of the molecule is C1OC[C@@H]2CC12. The minimum absolute atomic E-state index is 0.991. The van der Waals surface area contributed by atoms with Crippen LogP contribution in [0.25, 0.3) is 0 Å². The molecule has 2 aliphatic rings. The van der Waals surface area contributed by atoms with E-state index in [1.165, 1.54) is 6.42 Å². The lowest BCUT2D eigenvalue weighted by molar-refractivity contribution is 0.165. The Kier molecular flexibility index (Phi) is 0.396. The molecule has 1 aliphatic heterocycles. The van der Waals surface area contributed by atoms with Gasteiger partial charge in [0.2, 0.25) is 0 Å². The van der Waals surface area contributed by atoms with E-state index in [1.54, 1.807) is 0 Å². The van der Waals surface area contributed by atoms with E-state index in [0.29, 0.717) is 0 Å². The van der Waals surface area contributed by atoms with Gasteiger partial charge in [-0.2, -0.15) is 0 Å². The van der Waals surface area contributed by atoms with E-state index >= 15 is 0 Å². The first-order chi connectivity index (χ1) is 2.97. The van der Waals surface area contributed by atoms with Gasteiger partial charge in [-0.25, -0.2) is 0 Å². The minimum Gasteiger partial charge on any atom is -0.381 e. The molecule has 0 N–H and O–H groups in total. The van der Waals surface area contributed by atoms with Gasteiger partial charge >= 0.3 is 0 Å². The summed E-state index contributed by atoms with van der Waals surface area (Å²) in [6, 6.07) is 0. The van der Waals surface area contributed by atoms with Gasteiger partial charge in [-0.1, -0.05) is 0 Å². The Bertz CT molecular complexity index is 62.3. The summed E-state index contributed by atoms with van der Waals surface area (Å²) < 4.78 is 5.11. The van der Waals surface area contributed by atoms with Gasteiger partial charge in [0.05, 0.1) is 0 Å². The van der Waals surface area contributed by atoms with E-state index in [2.05, 4.69) is 0 Å². The zero-order valence-corrected chi connectivity index (χ0v) is 3.68. The fourth-order valence-electron chi connectivity index (χ4n) is 1.09. The summed E-state index contributed by atoms with van der Waals surface area (Å²) in [6.07, 6.45) is 1.46. The third kappa shape index (κ3) is 0.243. The molecule has 0 amide bonds. The molecule has 0 spiro atoms. The number of rotatable bonds is 0. The van der Waals surface area contributed by atoms with Crippen molar-refractivity contribution in [1.29, 1.82) is 0 Å². The minimum atomic E-state index is 0.991. The first-order valence-corrected chi connectivity index (χ1v) is 2.54. The predicted octanol–water partition coefficient (Wildman–Crippen LogP) is 0.653. The van der Waals surface area contributed by atoms with Crippen molar-refractivity contribution in [2.24, 2.45) is 11.8 Å². The first kappa shape index (κ1) is 3.03. The smallest absolute Gasteiger partial charge is 0.0498 e. The molecule has 0 aromatic rings. The van der Waals surface area contributed by atoms with Gasteiger partial charge in [-0.15, -0.1) is 0 Å². The number of hydrogen-bond acceptors (Lipinski definition) is 1. The van der Waals surface area contributed by atoms with Crippen molar-refractivity contribution in [2.45, 2.75) is 6.42 Å². The lowest BCUT2D eigenvalue weighted by Crippen LogP contribution is -1.86. The molecule has 1 nitrogen and oxygen atoms in total. The monoisotopic (exact) mass is 84.1 g/mol. The van der Waals surface area contributed by atoms with E-state index in [9.17, 15) is 0 Å². The zero-order valence-electron chi connectivity index (χ0n) is 3.68. The van der Waals surface area contributed by atoms with E-state index < -0.39 is 0 Å². The highest BCUT2D eigenvalue weighted by molar-refractivity contribution is 4.89. The normalized spacial score (nSPS) is 52.0. The van der Waals surface area contributed by atoms with Gasteiger partial charge in [-0.3, -0.25) is 0 Å². The van der Waals surface area contributed by atoms with Gasteiger partial charge < -0.3 is 4.74 Å². The van der Waals surface area contributed by atoms with Crippen LogP contribution in [-0.2, 0) is 4.74 Å². The number of ether oxygens (including phenoxy) is 1. The molecule has 6 heavy (non-hydrogen) atoms. The van der Waals surface area contributed by atoms with Crippen LogP contribution in [0.5, 0.6) is 0 Å². The maximum Gasteiger partial charge on any atom is 0.0498 e. The van der Waals surface area contributed by atoms with Crippen LogP contribution in [0.3, 0.4) is 0 Å². The van der Waals surface area contributed by atoms with Crippen molar-refractivity contribution in [3.63, 3.8) is 0 Å². The van der Waals surface area contributed by atoms with Gasteiger partial charge in [-0.05, 0) is 18.3 Å². The number of hydrogen-bond donors (Lipinski definition) is 0. The van der Waals surface area contributed by atoms with Crippen LogP contribution >= 0.6 is 0 Å². The zero-order chi connectivity index (χ0) is 3.98. The molecule has 1 heterocycles. The standard InChI is InChI=1S/C5H8O/c1-4-2-6-3-5(1)4/h4-5H,1-3H2/t4-,5?/m0/s1. The Balaban J connectivity index is 2.09. The Labute approximate surface area is 37.3 Å². The summed E-state index contributed by atoms with van der Waals surface area (Å²) >= 11 is 0. The molecule has 0 bridgehead atoms. The van der Waals surface area contributed by atoms with Crippen molar-refractivity contribution in [3.05, 3.63) is 0 Å². The molecule has 2 fully saturated rings. The predicted molar refractivity (Wildman–Crippen MR) is 22.4 cm³/mol. The van der Waals surface area contributed by atoms with Crippen molar-refractivity contribution < 1.29 is 4.74 Å². The second-order valence-corrected chi connectivity index (χ2v) is 2.29. The molecule has 2 atom stereocenters. The molecule has 1 unspecified atom stereocenters. The molecular formula is C5H8O. The van der Waals surface area contributed by atoms with Crippen molar-refractivity contribution >= 4 is 0 Å². The molecule has 0 aromatic carbocycles. The van der Waals surface area contributed by atoms with Gasteiger partial charge in [0.1, 0.15) is 0 Å². The fourth-order valence-corrected chi connectivity index (χ4v) is 1.09. The fraction of sp³-hybridized carbons (Fsp3) is 1.00. The van der Waals surface area contributed by atoms with E-state index in [-0.39, 0.29) is 0 Å². The van der Waals surface area contributed by atoms with Crippen LogP contribution in [0.2, 0.25) is 0 Å². The van der Waals surface area contributed by atoms with Gasteiger partial charge in [0.15, 0.2) is 0 Å². The van der Waals surface area contributed by atoms with Crippen LogP contribution in [0, 0.1) is 11.8 Å².